The van der Waals surface area contributed by atoms with E-state index in [4.69, 9.17) is 4.74 Å². The van der Waals surface area contributed by atoms with Gasteiger partial charge in [0.15, 0.2) is 0 Å². The van der Waals surface area contributed by atoms with Crippen LogP contribution in [0.3, 0.4) is 0 Å². The third-order valence-corrected chi connectivity index (χ3v) is 5.39. The summed E-state index contributed by atoms with van der Waals surface area (Å²) in [6.07, 6.45) is -0.600. The molecule has 1 N–H and O–H groups in total. The van der Waals surface area contributed by atoms with Gasteiger partial charge in [-0.3, -0.25) is 4.79 Å². The minimum Gasteiger partial charge on any atom is -0.508 e. The zero-order chi connectivity index (χ0) is 18.8. The molecule has 0 unspecified atom stereocenters. The van der Waals surface area contributed by atoms with Gasteiger partial charge in [-0.15, -0.1) is 0 Å². The van der Waals surface area contributed by atoms with E-state index in [0.717, 1.165) is 15.6 Å². The number of halogens is 1. The Morgan fingerprint density at radius 2 is 1.59 bits per heavy atom. The molecule has 0 spiro atoms. The number of amides is 1. The first-order valence-electron chi connectivity index (χ1n) is 8.68. The molecule has 0 saturated carbocycles. The van der Waals surface area contributed by atoms with E-state index < -0.39 is 6.10 Å². The van der Waals surface area contributed by atoms with Gasteiger partial charge in [0.2, 0.25) is 6.10 Å². The fourth-order valence-electron chi connectivity index (χ4n) is 3.31. The molecule has 5 heteroatoms. The molecule has 3 aromatic carbocycles. The van der Waals surface area contributed by atoms with Crippen LogP contribution in [0.5, 0.6) is 11.5 Å². The van der Waals surface area contributed by atoms with Gasteiger partial charge in [0.05, 0.1) is 0 Å². The van der Waals surface area contributed by atoms with E-state index in [2.05, 4.69) is 15.9 Å². The van der Waals surface area contributed by atoms with E-state index in [0.29, 0.717) is 12.3 Å². The quantitative estimate of drug-likeness (QED) is 0.605. The maximum absolute atomic E-state index is 12.9. The van der Waals surface area contributed by atoms with Crippen molar-refractivity contribution in [2.45, 2.75) is 18.7 Å². The summed E-state index contributed by atoms with van der Waals surface area (Å²) in [4.78, 5) is 14.7. The zero-order valence-corrected chi connectivity index (χ0v) is 16.0. The Balaban J connectivity index is 1.63. The van der Waals surface area contributed by atoms with E-state index in [9.17, 15) is 9.90 Å². The zero-order valence-electron chi connectivity index (χ0n) is 14.5. The topological polar surface area (TPSA) is 49.8 Å². The molecule has 1 fully saturated rings. The molecule has 1 heterocycles. The van der Waals surface area contributed by atoms with E-state index in [1.165, 1.54) is 0 Å². The van der Waals surface area contributed by atoms with Crippen LogP contribution in [-0.2, 0) is 11.3 Å². The summed E-state index contributed by atoms with van der Waals surface area (Å²) in [5.41, 5.74) is 2.09. The third-order valence-electron chi connectivity index (χ3n) is 4.67. The summed E-state index contributed by atoms with van der Waals surface area (Å²) in [7, 11) is 0. The lowest BCUT2D eigenvalue weighted by molar-refractivity contribution is -0.165. The first-order chi connectivity index (χ1) is 13.1. The fraction of sp³-hybridized carbons (Fsp3) is 0.136. The summed E-state index contributed by atoms with van der Waals surface area (Å²) in [5.74, 6) is 0.672. The lowest BCUT2D eigenvalue weighted by atomic mass is 9.90. The van der Waals surface area contributed by atoms with Crippen molar-refractivity contribution in [3.63, 3.8) is 0 Å². The predicted octanol–water partition coefficient (Wildman–Crippen LogP) is 4.69. The van der Waals surface area contributed by atoms with E-state index >= 15 is 0 Å². The van der Waals surface area contributed by atoms with Crippen molar-refractivity contribution < 1.29 is 14.6 Å². The van der Waals surface area contributed by atoms with Crippen LogP contribution in [0.2, 0.25) is 0 Å². The van der Waals surface area contributed by atoms with Crippen molar-refractivity contribution in [3.8, 4) is 11.5 Å². The standard InChI is InChI=1S/C22H18BrNO3/c23-19-9-5-4-8-18(19)20-21(27-17-12-10-16(25)11-13-17)22(26)24(20)14-15-6-2-1-3-7-15/h1-13,20-21,25H,14H2/t20-,21+/m1/s1. The van der Waals surface area contributed by atoms with Gasteiger partial charge in [0, 0.05) is 11.0 Å². The Labute approximate surface area is 166 Å². The third kappa shape index (κ3) is 3.55. The minimum atomic E-state index is -0.600. The maximum atomic E-state index is 12.9. The molecule has 1 aliphatic heterocycles. The molecule has 0 aromatic heterocycles. The smallest absolute Gasteiger partial charge is 0.267 e. The number of rotatable bonds is 5. The van der Waals surface area contributed by atoms with Crippen LogP contribution in [0.15, 0.2) is 83.3 Å². The monoisotopic (exact) mass is 423 g/mol. The average molecular weight is 424 g/mol. The first-order valence-corrected chi connectivity index (χ1v) is 9.47. The first kappa shape index (κ1) is 17.6. The lowest BCUT2D eigenvalue weighted by Gasteiger charge is -2.47. The number of likely N-dealkylation sites (tertiary alicyclic amines) is 1. The second-order valence-corrected chi connectivity index (χ2v) is 7.30. The van der Waals surface area contributed by atoms with E-state index in [-0.39, 0.29) is 17.7 Å². The molecule has 2 atom stereocenters. The number of benzene rings is 3. The van der Waals surface area contributed by atoms with Crippen LogP contribution >= 0.6 is 15.9 Å². The lowest BCUT2D eigenvalue weighted by Crippen LogP contribution is -2.60. The number of ether oxygens (including phenoxy) is 1. The Kier molecular flexibility index (Phi) is 4.86. The van der Waals surface area contributed by atoms with E-state index in [1.807, 2.05) is 59.5 Å². The minimum absolute atomic E-state index is 0.0484. The van der Waals surface area contributed by atoms with Gasteiger partial charge in [-0.05, 0) is 41.5 Å². The maximum Gasteiger partial charge on any atom is 0.267 e. The highest BCUT2D eigenvalue weighted by molar-refractivity contribution is 9.10. The van der Waals surface area contributed by atoms with Crippen LogP contribution in [0, 0.1) is 0 Å². The van der Waals surface area contributed by atoms with E-state index in [1.54, 1.807) is 24.3 Å². The van der Waals surface area contributed by atoms with Gasteiger partial charge in [-0.2, -0.15) is 0 Å². The Morgan fingerprint density at radius 1 is 0.926 bits per heavy atom. The number of carbonyl (C=O) groups is 1. The number of phenolic OH excluding ortho intramolecular Hbond substituents is 1. The molecule has 4 nitrogen and oxygen atoms in total. The molecule has 1 amide bonds. The van der Waals surface area contributed by atoms with Crippen LogP contribution in [0.1, 0.15) is 17.2 Å². The molecule has 1 aliphatic rings. The van der Waals surface area contributed by atoms with Crippen LogP contribution in [0.4, 0.5) is 0 Å². The number of carbonyl (C=O) groups excluding carboxylic acids is 1. The Morgan fingerprint density at radius 3 is 2.30 bits per heavy atom. The number of phenols is 1. The molecular weight excluding hydrogens is 406 g/mol. The fourth-order valence-corrected chi connectivity index (χ4v) is 3.82. The molecule has 27 heavy (non-hydrogen) atoms. The molecule has 1 saturated heterocycles. The summed E-state index contributed by atoms with van der Waals surface area (Å²) in [6, 6.07) is 24.0. The predicted molar refractivity (Wildman–Crippen MR) is 106 cm³/mol. The molecule has 4 rings (SSSR count). The highest BCUT2D eigenvalue weighted by Crippen LogP contribution is 2.41. The highest BCUT2D eigenvalue weighted by Gasteiger charge is 2.50. The average Bonchev–Trinajstić information content (AvgIpc) is 2.70. The van der Waals surface area contributed by atoms with Crippen molar-refractivity contribution in [2.24, 2.45) is 0 Å². The van der Waals surface area contributed by atoms with Crippen LogP contribution in [0.25, 0.3) is 0 Å². The van der Waals surface area contributed by atoms with Crippen molar-refractivity contribution in [1.29, 1.82) is 0 Å². The largest absolute Gasteiger partial charge is 0.508 e. The Bertz CT molecular complexity index is 943. The number of nitrogens with zero attached hydrogens (tertiary/aromatic N) is 1. The molecule has 0 aliphatic carbocycles. The second kappa shape index (κ2) is 7.45. The number of β-lactam (4-membered cyclic amide) rings is 1. The second-order valence-electron chi connectivity index (χ2n) is 6.45. The number of hydrogen-bond acceptors (Lipinski definition) is 3. The summed E-state index contributed by atoms with van der Waals surface area (Å²) >= 11 is 3.60. The van der Waals surface area contributed by atoms with Crippen molar-refractivity contribution in [1.82, 2.24) is 4.90 Å². The van der Waals surface area contributed by atoms with Gasteiger partial charge in [-0.25, -0.2) is 0 Å². The normalized spacial score (nSPS) is 18.9. The van der Waals surface area contributed by atoms with Crippen LogP contribution < -0.4 is 4.74 Å². The molecule has 3 aromatic rings. The van der Waals surface area contributed by atoms with Crippen LogP contribution in [-0.4, -0.2) is 22.0 Å². The van der Waals surface area contributed by atoms with Gasteiger partial charge in [0.1, 0.15) is 17.5 Å². The summed E-state index contributed by atoms with van der Waals surface area (Å²) in [5, 5.41) is 9.45. The van der Waals surface area contributed by atoms with Gasteiger partial charge in [0.25, 0.3) is 5.91 Å². The van der Waals surface area contributed by atoms with Gasteiger partial charge >= 0.3 is 0 Å². The number of hydrogen-bond donors (Lipinski definition) is 1. The van der Waals surface area contributed by atoms with Crippen molar-refractivity contribution in [2.75, 3.05) is 0 Å². The van der Waals surface area contributed by atoms with Crippen molar-refractivity contribution in [3.05, 3.63) is 94.5 Å². The summed E-state index contributed by atoms with van der Waals surface area (Å²) < 4.78 is 6.93. The SMILES string of the molecule is O=C1[C@@H](Oc2ccc(O)cc2)[C@@H](c2ccccc2Br)N1Cc1ccccc1. The molecular formula is C22H18BrNO3. The number of aromatic hydroxyl groups is 1. The summed E-state index contributed by atoms with van der Waals surface area (Å²) in [6.45, 7) is 0.529. The Hall–Kier alpha value is -2.79. The molecule has 0 radical (unpaired) electrons. The van der Waals surface area contributed by atoms with Gasteiger partial charge < -0.3 is 14.7 Å². The van der Waals surface area contributed by atoms with Gasteiger partial charge in [-0.1, -0.05) is 64.5 Å². The molecule has 0 bridgehead atoms. The van der Waals surface area contributed by atoms with Crippen molar-refractivity contribution >= 4 is 21.8 Å². The molecule has 136 valence electrons. The highest BCUT2D eigenvalue weighted by atomic mass is 79.9.